The van der Waals surface area contributed by atoms with Gasteiger partial charge >= 0.3 is 0 Å². The Labute approximate surface area is 400 Å². The third-order valence-corrected chi connectivity index (χ3v) is 22.8. The molecule has 1 heterocycles. The van der Waals surface area contributed by atoms with E-state index in [1.54, 1.807) is 0 Å². The van der Waals surface area contributed by atoms with Gasteiger partial charge in [0, 0.05) is 16.7 Å². The second-order valence-corrected chi connectivity index (χ2v) is 24.7. The highest BCUT2D eigenvalue weighted by Gasteiger charge is 2.43. The topological polar surface area (TPSA) is 38.7 Å². The molecule has 3 nitrogen and oxygen atoms in total. The Hall–Kier alpha value is -8.36. The lowest BCUT2D eigenvalue weighted by molar-refractivity contribution is 1.07. The van der Waals surface area contributed by atoms with Gasteiger partial charge in [-0.1, -0.05) is 285 Å². The summed E-state index contributed by atoms with van der Waals surface area (Å²) in [4.78, 5) is 15.8. The van der Waals surface area contributed by atoms with Gasteiger partial charge in [0.05, 0.1) is 0 Å². The third-order valence-electron chi connectivity index (χ3n) is 13.3. The maximum atomic E-state index is 5.35. The maximum Gasteiger partial charge on any atom is 0.179 e. The summed E-state index contributed by atoms with van der Waals surface area (Å²) in [5, 5.41) is 10.4. The van der Waals surface area contributed by atoms with Crippen molar-refractivity contribution in [3.8, 4) is 45.3 Å². The molecule has 11 rings (SSSR count). The van der Waals surface area contributed by atoms with Gasteiger partial charge < -0.3 is 0 Å². The van der Waals surface area contributed by atoms with Crippen LogP contribution in [0, 0.1) is 0 Å². The summed E-state index contributed by atoms with van der Waals surface area (Å²) < 4.78 is 0. The van der Waals surface area contributed by atoms with Crippen molar-refractivity contribution in [2.45, 2.75) is 0 Å². The Bertz CT molecular complexity index is 3260. The summed E-state index contributed by atoms with van der Waals surface area (Å²) in [7, 11) is -5.65. The monoisotopic (exact) mass is 901 g/mol. The van der Waals surface area contributed by atoms with Crippen LogP contribution in [0.15, 0.2) is 285 Å². The van der Waals surface area contributed by atoms with Crippen molar-refractivity contribution in [1.29, 1.82) is 0 Å². The molecule has 0 radical (unpaired) electrons. The average Bonchev–Trinajstić information content (AvgIpc) is 3.44. The molecule has 0 aliphatic heterocycles. The van der Waals surface area contributed by atoms with Crippen LogP contribution in [0.25, 0.3) is 45.3 Å². The number of aromatic nitrogens is 3. The zero-order valence-corrected chi connectivity index (χ0v) is 39.5. The smallest absolute Gasteiger partial charge is 0.179 e. The van der Waals surface area contributed by atoms with E-state index in [0.717, 1.165) is 16.7 Å². The Morgan fingerprint density at radius 1 is 0.176 bits per heavy atom. The van der Waals surface area contributed by atoms with Crippen LogP contribution < -0.4 is 41.5 Å². The second kappa shape index (κ2) is 18.9. The molecule has 0 saturated carbocycles. The molecule has 0 bridgehead atoms. The van der Waals surface area contributed by atoms with Crippen LogP contribution in [0.3, 0.4) is 0 Å². The van der Waals surface area contributed by atoms with Gasteiger partial charge in [0.25, 0.3) is 0 Å². The minimum atomic E-state index is -2.83. The van der Waals surface area contributed by atoms with Gasteiger partial charge in [0.1, 0.15) is 0 Å². The van der Waals surface area contributed by atoms with Crippen molar-refractivity contribution in [1.82, 2.24) is 15.0 Å². The van der Waals surface area contributed by atoms with Crippen molar-refractivity contribution >= 4 is 57.6 Å². The molecule has 0 N–H and O–H groups in total. The lowest BCUT2D eigenvalue weighted by Gasteiger charge is -2.34. The number of hydrogen-bond acceptors (Lipinski definition) is 3. The van der Waals surface area contributed by atoms with Crippen molar-refractivity contribution in [2.24, 2.45) is 0 Å². The fraction of sp³-hybridized carbons (Fsp3) is 0. The van der Waals surface area contributed by atoms with Crippen LogP contribution in [0.2, 0.25) is 0 Å². The molecule has 11 aromatic rings. The number of benzene rings is 10. The van der Waals surface area contributed by atoms with E-state index in [4.69, 9.17) is 15.0 Å². The molecule has 0 atom stereocenters. The minimum absolute atomic E-state index is 0.627. The first kappa shape index (κ1) is 42.3. The molecular weight excluding hydrogens is 855 g/mol. The highest BCUT2D eigenvalue weighted by atomic mass is 28.3. The summed E-state index contributed by atoms with van der Waals surface area (Å²) in [6.45, 7) is 0. The molecule has 0 fully saturated rings. The Balaban J connectivity index is 1.07. The van der Waals surface area contributed by atoms with Crippen molar-refractivity contribution in [2.75, 3.05) is 0 Å². The van der Waals surface area contributed by atoms with Gasteiger partial charge in [0.2, 0.25) is 0 Å². The number of rotatable bonds is 12. The van der Waals surface area contributed by atoms with Crippen LogP contribution in [0.4, 0.5) is 0 Å². The van der Waals surface area contributed by atoms with E-state index in [2.05, 4.69) is 267 Å². The first-order valence-corrected chi connectivity index (χ1v) is 27.2. The SMILES string of the molecule is c1ccc(-c2ccc([Si](c3ccccc3)(c3ccccc3)c3ccc(-c4nc(-c5ccccc5)nc(-c5cccc([Si](c6ccccc6)(c6ccccc6)c6ccccc6)c5)n4)cc3)cc2)cc1. The Morgan fingerprint density at radius 3 is 0.794 bits per heavy atom. The first-order valence-electron chi connectivity index (χ1n) is 23.2. The van der Waals surface area contributed by atoms with Crippen LogP contribution in [-0.4, -0.2) is 31.1 Å². The largest absolute Gasteiger partial charge is 0.208 e. The quantitative estimate of drug-likeness (QED) is 0.0908. The predicted octanol–water partition coefficient (Wildman–Crippen LogP) is 9.29. The number of nitrogens with zero attached hydrogens (tertiary/aromatic N) is 3. The molecule has 0 saturated heterocycles. The van der Waals surface area contributed by atoms with Gasteiger partial charge in [-0.25, -0.2) is 15.0 Å². The van der Waals surface area contributed by atoms with Crippen LogP contribution in [-0.2, 0) is 0 Å². The molecule has 322 valence electrons. The van der Waals surface area contributed by atoms with Gasteiger partial charge in [-0.05, 0) is 52.6 Å². The predicted molar refractivity (Wildman–Crippen MR) is 289 cm³/mol. The maximum absolute atomic E-state index is 5.35. The van der Waals surface area contributed by atoms with E-state index in [0.29, 0.717) is 17.5 Å². The minimum Gasteiger partial charge on any atom is -0.208 e. The summed E-state index contributed by atoms with van der Waals surface area (Å²) >= 11 is 0. The average molecular weight is 902 g/mol. The molecule has 1 aromatic heterocycles. The van der Waals surface area contributed by atoms with E-state index >= 15 is 0 Å². The molecule has 10 aromatic carbocycles. The van der Waals surface area contributed by atoms with Gasteiger partial charge in [0.15, 0.2) is 33.6 Å². The second-order valence-electron chi connectivity index (χ2n) is 17.1. The fourth-order valence-corrected chi connectivity index (χ4v) is 19.6. The van der Waals surface area contributed by atoms with Crippen LogP contribution in [0.5, 0.6) is 0 Å². The standard InChI is InChI=1S/C63H47N3Si2/c1-8-23-48(24-9-1)49-39-43-58(44-40-49)67(53-28-12-3-13-29-53,54-30-14-4-15-31-54)59-45-41-51(42-46-59)62-64-61(50-25-10-2-11-26-50)65-63(66-62)52-27-22-38-60(47-52)68(55-32-16-5-17-33-55,56-34-18-6-19-35-56)57-36-20-7-21-37-57/h1-47H. The van der Waals surface area contributed by atoms with Crippen LogP contribution >= 0.6 is 0 Å². The van der Waals surface area contributed by atoms with E-state index < -0.39 is 16.1 Å². The highest BCUT2D eigenvalue weighted by Crippen LogP contribution is 2.26. The van der Waals surface area contributed by atoms with Crippen molar-refractivity contribution in [3.63, 3.8) is 0 Å². The first-order chi connectivity index (χ1) is 33.7. The zero-order chi connectivity index (χ0) is 45.6. The lowest BCUT2D eigenvalue weighted by atomic mass is 10.1. The zero-order valence-electron chi connectivity index (χ0n) is 37.5. The van der Waals surface area contributed by atoms with Crippen LogP contribution in [0.1, 0.15) is 0 Å². The summed E-state index contributed by atoms with van der Waals surface area (Å²) in [6, 6.07) is 103. The van der Waals surface area contributed by atoms with Gasteiger partial charge in [-0.2, -0.15) is 0 Å². The molecule has 0 unspecified atom stereocenters. The normalized spacial score (nSPS) is 11.5. The molecular formula is C63H47N3Si2. The summed E-state index contributed by atoms with van der Waals surface area (Å²) in [5.41, 5.74) is 5.21. The molecule has 5 heteroatoms. The van der Waals surface area contributed by atoms with Gasteiger partial charge in [-0.15, -0.1) is 0 Å². The Kier molecular flexibility index (Phi) is 11.7. The molecule has 0 amide bonds. The molecule has 68 heavy (non-hydrogen) atoms. The third kappa shape index (κ3) is 7.83. The Morgan fingerprint density at radius 2 is 0.412 bits per heavy atom. The van der Waals surface area contributed by atoms with Crippen molar-refractivity contribution < 1.29 is 0 Å². The van der Waals surface area contributed by atoms with E-state index in [9.17, 15) is 0 Å². The highest BCUT2D eigenvalue weighted by molar-refractivity contribution is 7.20. The van der Waals surface area contributed by atoms with E-state index in [-0.39, 0.29) is 0 Å². The van der Waals surface area contributed by atoms with E-state index in [1.165, 1.54) is 52.6 Å². The summed E-state index contributed by atoms with van der Waals surface area (Å²) in [6.07, 6.45) is 0. The van der Waals surface area contributed by atoms with E-state index in [1.807, 2.05) is 18.2 Å². The molecule has 0 spiro atoms. The number of hydrogen-bond donors (Lipinski definition) is 0. The van der Waals surface area contributed by atoms with Gasteiger partial charge in [-0.3, -0.25) is 0 Å². The lowest BCUT2D eigenvalue weighted by Crippen LogP contribution is -2.74. The van der Waals surface area contributed by atoms with Crippen molar-refractivity contribution in [3.05, 3.63) is 285 Å². The fourth-order valence-electron chi connectivity index (χ4n) is 10.1. The molecule has 0 aliphatic rings. The summed E-state index contributed by atoms with van der Waals surface area (Å²) in [5.74, 6) is 1.89. The molecule has 0 aliphatic carbocycles.